The molecule has 0 bridgehead atoms. The van der Waals surface area contributed by atoms with Crippen LogP contribution in [-0.4, -0.2) is 9.97 Å². The molecule has 0 saturated carbocycles. The van der Waals surface area contributed by atoms with Gasteiger partial charge >= 0.3 is 0 Å². The molecule has 10 rings (SSSR count). The lowest BCUT2D eigenvalue weighted by atomic mass is 10.0. The van der Waals surface area contributed by atoms with Gasteiger partial charge in [0.2, 0.25) is 0 Å². The number of para-hydroxylation sites is 2. The molecule has 0 radical (unpaired) electrons. The van der Waals surface area contributed by atoms with Crippen molar-refractivity contribution in [2.24, 2.45) is 0 Å². The minimum Gasteiger partial charge on any atom is -0.455 e. The Morgan fingerprint density at radius 3 is 1.86 bits per heavy atom. The Hall–Kier alpha value is -6.56. The summed E-state index contributed by atoms with van der Waals surface area (Å²) >= 11 is 1.74. The average Bonchev–Trinajstić information content (AvgIpc) is 3.78. The minimum atomic E-state index is 0.638. The SMILES string of the molecule is c1ccc(-c2ccc(N(c3ccccc3)c3ccc(-c4nc(-c5ccccc5)c5sc6ccccc6c5n4)c4oc5ccccc5c34)cc2)cc1. The van der Waals surface area contributed by atoms with Crippen molar-refractivity contribution in [3.63, 3.8) is 0 Å². The summed E-state index contributed by atoms with van der Waals surface area (Å²) < 4.78 is 9.07. The Bertz CT molecular complexity index is 2840. The molecular weight excluding hydrogens is 643 g/mol. The van der Waals surface area contributed by atoms with Gasteiger partial charge in [0.15, 0.2) is 5.82 Å². The number of aromatic nitrogens is 2. The molecule has 0 unspecified atom stereocenters. The molecule has 3 aromatic heterocycles. The molecule has 0 fully saturated rings. The van der Waals surface area contributed by atoms with Gasteiger partial charge in [-0.25, -0.2) is 9.97 Å². The van der Waals surface area contributed by atoms with Crippen LogP contribution in [0.25, 0.3) is 76.0 Å². The largest absolute Gasteiger partial charge is 0.455 e. The van der Waals surface area contributed by atoms with E-state index in [-0.39, 0.29) is 0 Å². The Morgan fingerprint density at radius 2 is 1.10 bits per heavy atom. The molecule has 51 heavy (non-hydrogen) atoms. The highest BCUT2D eigenvalue weighted by molar-refractivity contribution is 7.26. The molecule has 0 atom stereocenters. The first-order valence-electron chi connectivity index (χ1n) is 17.0. The van der Waals surface area contributed by atoms with E-state index in [4.69, 9.17) is 14.4 Å². The van der Waals surface area contributed by atoms with E-state index < -0.39 is 0 Å². The van der Waals surface area contributed by atoms with E-state index in [9.17, 15) is 0 Å². The number of nitrogens with zero attached hydrogens (tertiary/aromatic N) is 3. The van der Waals surface area contributed by atoms with Crippen LogP contribution >= 0.6 is 11.3 Å². The van der Waals surface area contributed by atoms with E-state index >= 15 is 0 Å². The van der Waals surface area contributed by atoms with Crippen molar-refractivity contribution in [1.29, 1.82) is 0 Å². The molecule has 240 valence electrons. The molecule has 0 spiro atoms. The van der Waals surface area contributed by atoms with Crippen LogP contribution in [0, 0.1) is 0 Å². The van der Waals surface area contributed by atoms with Gasteiger partial charge in [-0.3, -0.25) is 0 Å². The van der Waals surface area contributed by atoms with Gasteiger partial charge in [-0.05, 0) is 59.7 Å². The fourth-order valence-corrected chi connectivity index (χ4v) is 8.27. The first-order valence-corrected chi connectivity index (χ1v) is 17.8. The summed E-state index contributed by atoms with van der Waals surface area (Å²) in [5, 5.41) is 3.18. The van der Waals surface area contributed by atoms with Crippen molar-refractivity contribution < 1.29 is 4.42 Å². The highest BCUT2D eigenvalue weighted by Gasteiger charge is 2.24. The van der Waals surface area contributed by atoms with Crippen molar-refractivity contribution in [2.45, 2.75) is 0 Å². The monoisotopic (exact) mass is 671 g/mol. The molecule has 0 aliphatic carbocycles. The van der Waals surface area contributed by atoms with Gasteiger partial charge in [0.1, 0.15) is 11.2 Å². The molecule has 0 aliphatic heterocycles. The normalized spacial score (nSPS) is 11.5. The second-order valence-corrected chi connectivity index (χ2v) is 13.6. The topological polar surface area (TPSA) is 42.2 Å². The molecule has 4 nitrogen and oxygen atoms in total. The van der Waals surface area contributed by atoms with E-state index in [1.807, 2.05) is 24.3 Å². The predicted octanol–water partition coefficient (Wildman–Crippen LogP) is 13.2. The molecular formula is C46H29N3OS. The van der Waals surface area contributed by atoms with Gasteiger partial charge in [0.05, 0.1) is 32.5 Å². The highest BCUT2D eigenvalue weighted by atomic mass is 32.1. The van der Waals surface area contributed by atoms with Crippen LogP contribution in [0.2, 0.25) is 0 Å². The van der Waals surface area contributed by atoms with Gasteiger partial charge in [-0.1, -0.05) is 127 Å². The number of thiophene rings is 1. The Morgan fingerprint density at radius 1 is 0.490 bits per heavy atom. The van der Waals surface area contributed by atoms with E-state index in [0.717, 1.165) is 71.4 Å². The van der Waals surface area contributed by atoms with Crippen LogP contribution in [0.4, 0.5) is 17.1 Å². The molecule has 0 N–H and O–H groups in total. The number of furan rings is 1. The molecule has 10 aromatic rings. The lowest BCUT2D eigenvalue weighted by molar-refractivity contribution is 0.669. The highest BCUT2D eigenvalue weighted by Crippen LogP contribution is 2.47. The average molecular weight is 672 g/mol. The Balaban J connectivity index is 1.23. The zero-order valence-corrected chi connectivity index (χ0v) is 28.2. The van der Waals surface area contributed by atoms with Crippen LogP contribution in [0.15, 0.2) is 180 Å². The van der Waals surface area contributed by atoms with Gasteiger partial charge in [0.25, 0.3) is 0 Å². The van der Waals surface area contributed by atoms with E-state index in [1.165, 1.54) is 15.8 Å². The molecule has 5 heteroatoms. The first-order chi connectivity index (χ1) is 25.3. The second kappa shape index (κ2) is 12.1. The lowest BCUT2D eigenvalue weighted by Crippen LogP contribution is -2.10. The molecule has 0 saturated heterocycles. The maximum absolute atomic E-state index is 6.80. The summed E-state index contributed by atoms with van der Waals surface area (Å²) in [5.74, 6) is 0.638. The van der Waals surface area contributed by atoms with Crippen molar-refractivity contribution in [3.05, 3.63) is 176 Å². The predicted molar refractivity (Wildman–Crippen MR) is 213 cm³/mol. The number of hydrogen-bond donors (Lipinski definition) is 0. The van der Waals surface area contributed by atoms with Gasteiger partial charge in [-0.2, -0.15) is 0 Å². The number of fused-ring (bicyclic) bond motifs is 6. The third kappa shape index (κ3) is 4.98. The lowest BCUT2D eigenvalue weighted by Gasteiger charge is -2.26. The Kier molecular flexibility index (Phi) is 6.96. The fourth-order valence-electron chi connectivity index (χ4n) is 7.11. The van der Waals surface area contributed by atoms with Crippen molar-refractivity contribution in [3.8, 4) is 33.8 Å². The molecule has 7 aromatic carbocycles. The van der Waals surface area contributed by atoms with Gasteiger partial charge in [0, 0.05) is 32.4 Å². The van der Waals surface area contributed by atoms with Crippen LogP contribution in [0.5, 0.6) is 0 Å². The summed E-state index contributed by atoms with van der Waals surface area (Å²) in [6, 6.07) is 61.3. The Labute approximate surface area is 298 Å². The van der Waals surface area contributed by atoms with Crippen molar-refractivity contribution in [1.82, 2.24) is 9.97 Å². The summed E-state index contributed by atoms with van der Waals surface area (Å²) in [5.41, 5.74) is 10.8. The summed E-state index contributed by atoms with van der Waals surface area (Å²) in [6.07, 6.45) is 0. The van der Waals surface area contributed by atoms with E-state index in [1.54, 1.807) is 11.3 Å². The zero-order chi connectivity index (χ0) is 33.7. The molecule has 3 heterocycles. The van der Waals surface area contributed by atoms with Crippen LogP contribution < -0.4 is 4.90 Å². The minimum absolute atomic E-state index is 0.638. The van der Waals surface area contributed by atoms with E-state index in [2.05, 4.69) is 157 Å². The number of benzene rings is 7. The zero-order valence-electron chi connectivity index (χ0n) is 27.4. The summed E-state index contributed by atoms with van der Waals surface area (Å²) in [7, 11) is 0. The number of anilines is 3. The maximum Gasteiger partial charge on any atom is 0.164 e. The van der Waals surface area contributed by atoms with Crippen LogP contribution in [0.3, 0.4) is 0 Å². The quantitative estimate of drug-likeness (QED) is 0.176. The van der Waals surface area contributed by atoms with Crippen LogP contribution in [-0.2, 0) is 0 Å². The van der Waals surface area contributed by atoms with Gasteiger partial charge in [-0.15, -0.1) is 11.3 Å². The maximum atomic E-state index is 6.80. The van der Waals surface area contributed by atoms with Gasteiger partial charge < -0.3 is 9.32 Å². The smallest absolute Gasteiger partial charge is 0.164 e. The third-order valence-corrected chi connectivity index (χ3v) is 10.7. The first kappa shape index (κ1) is 29.4. The van der Waals surface area contributed by atoms with E-state index in [0.29, 0.717) is 5.82 Å². The fraction of sp³-hybridized carbons (Fsp3) is 0. The third-order valence-electron chi connectivity index (χ3n) is 9.50. The molecule has 0 aliphatic rings. The summed E-state index contributed by atoms with van der Waals surface area (Å²) in [4.78, 5) is 12.9. The standard InChI is InChI=1S/C46H29N3OS/c1-4-14-30(15-5-1)31-24-26-34(27-25-31)49(33-18-8-3-9-19-33)38-29-28-37(44-41(38)35-20-10-12-22-39(35)50-44)46-47-42(32-16-6-2-7-17-32)45-43(48-46)36-21-11-13-23-40(36)51-45/h1-29H. The summed E-state index contributed by atoms with van der Waals surface area (Å²) in [6.45, 7) is 0. The molecule has 0 amide bonds. The second-order valence-electron chi connectivity index (χ2n) is 12.6. The van der Waals surface area contributed by atoms with Crippen molar-refractivity contribution >= 4 is 70.6 Å². The number of hydrogen-bond acceptors (Lipinski definition) is 5. The number of rotatable bonds is 6. The van der Waals surface area contributed by atoms with Crippen molar-refractivity contribution in [2.75, 3.05) is 4.90 Å². The van der Waals surface area contributed by atoms with Crippen LogP contribution in [0.1, 0.15) is 0 Å².